The zero-order valence-electron chi connectivity index (χ0n) is 7.98. The van der Waals surface area contributed by atoms with E-state index in [1.54, 1.807) is 0 Å². The van der Waals surface area contributed by atoms with Gasteiger partial charge in [-0.05, 0) is 19.1 Å². The second kappa shape index (κ2) is 3.65. The number of halogens is 5. The lowest BCUT2D eigenvalue weighted by molar-refractivity contribution is -0.142. The van der Waals surface area contributed by atoms with E-state index in [2.05, 4.69) is 0 Å². The number of alkyl halides is 4. The first-order valence-electron chi connectivity index (χ1n) is 4.14. The number of carbonyl (C=O) groups excluding carboxylic acids is 1. The van der Waals surface area contributed by atoms with Gasteiger partial charge in [0.25, 0.3) is 0 Å². The minimum Gasteiger partial charge on any atom is -0.375 e. The third kappa shape index (κ3) is 1.87. The van der Waals surface area contributed by atoms with Crippen molar-refractivity contribution in [1.82, 2.24) is 0 Å². The van der Waals surface area contributed by atoms with Crippen molar-refractivity contribution in [3.8, 4) is 0 Å². The van der Waals surface area contributed by atoms with Crippen LogP contribution in [0.1, 0.15) is 6.92 Å². The van der Waals surface area contributed by atoms with Gasteiger partial charge in [0.2, 0.25) is 0 Å². The molecule has 1 rings (SSSR count). The average Bonchev–Trinajstić information content (AvgIpc) is 2.09. The molecule has 0 bridgehead atoms. The van der Waals surface area contributed by atoms with Gasteiger partial charge in [0, 0.05) is 0 Å². The number of hydrogen-bond acceptors (Lipinski definition) is 2. The van der Waals surface area contributed by atoms with E-state index in [1.807, 2.05) is 0 Å². The van der Waals surface area contributed by atoms with E-state index in [-0.39, 0.29) is 6.08 Å². The summed E-state index contributed by atoms with van der Waals surface area (Å²) in [5.74, 6) is -3.07. The first-order chi connectivity index (χ1) is 7.10. The van der Waals surface area contributed by atoms with Crippen molar-refractivity contribution in [2.75, 3.05) is 0 Å². The topological polar surface area (TPSA) is 37.3 Å². The lowest BCUT2D eigenvalue weighted by Crippen LogP contribution is -2.49. The summed E-state index contributed by atoms with van der Waals surface area (Å²) in [5, 5.41) is 9.36. The van der Waals surface area contributed by atoms with Crippen LogP contribution in [-0.4, -0.2) is 28.8 Å². The van der Waals surface area contributed by atoms with E-state index >= 15 is 0 Å². The number of Topliss-reactive ketones (excluding diaryl/α,β-unsaturated/α-hetero) is 1. The summed E-state index contributed by atoms with van der Waals surface area (Å²) in [7, 11) is 0. The molecular formula is C9H7F5O2. The molecule has 2 nitrogen and oxygen atoms in total. The van der Waals surface area contributed by atoms with Crippen molar-refractivity contribution in [2.24, 2.45) is 0 Å². The molecule has 0 radical (unpaired) electrons. The van der Waals surface area contributed by atoms with Crippen LogP contribution < -0.4 is 0 Å². The van der Waals surface area contributed by atoms with Crippen molar-refractivity contribution < 1.29 is 31.9 Å². The Morgan fingerprint density at radius 1 is 1.50 bits per heavy atom. The predicted octanol–water partition coefficient (Wildman–Crippen LogP) is 2.00. The Bertz CT molecular complexity index is 382. The third-order valence-electron chi connectivity index (χ3n) is 2.25. The highest BCUT2D eigenvalue weighted by Gasteiger charge is 2.53. The molecule has 0 aromatic carbocycles. The number of aliphatic hydroxyl groups is 1. The van der Waals surface area contributed by atoms with Gasteiger partial charge in [0.1, 0.15) is 11.4 Å². The molecule has 0 aromatic heterocycles. The summed E-state index contributed by atoms with van der Waals surface area (Å²) >= 11 is 0. The molecule has 0 amide bonds. The molecule has 0 unspecified atom stereocenters. The highest BCUT2D eigenvalue weighted by atomic mass is 19.4. The molecule has 0 saturated heterocycles. The molecule has 90 valence electrons. The van der Waals surface area contributed by atoms with Gasteiger partial charge in [-0.15, -0.1) is 0 Å². The largest absolute Gasteiger partial charge is 0.418 e. The Hall–Kier alpha value is -1.24. The van der Waals surface area contributed by atoms with Crippen molar-refractivity contribution in [3.05, 3.63) is 23.6 Å². The van der Waals surface area contributed by atoms with Gasteiger partial charge in [-0.2, -0.15) is 13.2 Å². The first kappa shape index (κ1) is 12.8. The van der Waals surface area contributed by atoms with Crippen LogP contribution in [0.4, 0.5) is 22.0 Å². The average molecular weight is 242 g/mol. The molecule has 16 heavy (non-hydrogen) atoms. The Morgan fingerprint density at radius 2 is 2.00 bits per heavy atom. The van der Waals surface area contributed by atoms with Gasteiger partial charge in [-0.1, -0.05) is 0 Å². The molecule has 0 aromatic rings. The van der Waals surface area contributed by atoms with Crippen molar-refractivity contribution in [3.63, 3.8) is 0 Å². The molecular weight excluding hydrogens is 235 g/mol. The summed E-state index contributed by atoms with van der Waals surface area (Å²) in [6.07, 6.45) is -7.82. The highest BCUT2D eigenvalue weighted by Crippen LogP contribution is 2.40. The standard InChI is InChI=1S/C9H7F5O2/c1-4(15)8(16)3-2-5(10)6(7(8)11)9(12,13)14/h2-3,7,16H,1H3/t7-,8+/m0/s1. The van der Waals surface area contributed by atoms with Crippen LogP contribution in [0.2, 0.25) is 0 Å². The molecule has 0 spiro atoms. The Labute approximate surface area is 87.1 Å². The van der Waals surface area contributed by atoms with Crippen LogP contribution in [0, 0.1) is 0 Å². The van der Waals surface area contributed by atoms with E-state index < -0.39 is 35.1 Å². The second-order valence-corrected chi connectivity index (χ2v) is 3.34. The monoisotopic (exact) mass is 242 g/mol. The number of hydrogen-bond donors (Lipinski definition) is 1. The minimum atomic E-state index is -5.28. The zero-order chi connectivity index (χ0) is 12.7. The number of carbonyl (C=O) groups is 1. The van der Waals surface area contributed by atoms with Gasteiger partial charge in [0.15, 0.2) is 17.6 Å². The van der Waals surface area contributed by atoms with Gasteiger partial charge < -0.3 is 5.11 Å². The summed E-state index contributed by atoms with van der Waals surface area (Å²) in [5.41, 5.74) is -5.13. The normalized spacial score (nSPS) is 30.8. The van der Waals surface area contributed by atoms with Crippen LogP contribution in [0.25, 0.3) is 0 Å². The van der Waals surface area contributed by atoms with Gasteiger partial charge >= 0.3 is 6.18 Å². The predicted molar refractivity (Wildman–Crippen MR) is 43.9 cm³/mol. The van der Waals surface area contributed by atoms with Gasteiger partial charge in [0.05, 0.1) is 0 Å². The number of allylic oxidation sites excluding steroid dienone is 2. The molecule has 0 aliphatic heterocycles. The number of rotatable bonds is 1. The van der Waals surface area contributed by atoms with E-state index in [4.69, 9.17) is 0 Å². The molecule has 7 heteroatoms. The van der Waals surface area contributed by atoms with Crippen molar-refractivity contribution >= 4 is 5.78 Å². The molecule has 0 heterocycles. The van der Waals surface area contributed by atoms with E-state index in [9.17, 15) is 31.9 Å². The van der Waals surface area contributed by atoms with Crippen LogP contribution in [0.5, 0.6) is 0 Å². The maximum absolute atomic E-state index is 13.4. The Morgan fingerprint density at radius 3 is 2.38 bits per heavy atom. The maximum atomic E-state index is 13.4. The SMILES string of the molecule is CC(=O)[C@]1(O)C=CC(F)=C(C(F)(F)F)[C@@H]1F. The lowest BCUT2D eigenvalue weighted by atomic mass is 9.84. The van der Waals surface area contributed by atoms with Gasteiger partial charge in [-0.3, -0.25) is 4.79 Å². The van der Waals surface area contributed by atoms with Crippen LogP contribution in [0.15, 0.2) is 23.6 Å². The number of ketones is 1. The van der Waals surface area contributed by atoms with Crippen LogP contribution in [0.3, 0.4) is 0 Å². The maximum Gasteiger partial charge on any atom is 0.418 e. The molecule has 0 fully saturated rings. The fourth-order valence-corrected chi connectivity index (χ4v) is 1.29. The van der Waals surface area contributed by atoms with Crippen molar-refractivity contribution in [2.45, 2.75) is 24.9 Å². The van der Waals surface area contributed by atoms with Crippen LogP contribution >= 0.6 is 0 Å². The summed E-state index contributed by atoms with van der Waals surface area (Å²) in [4.78, 5) is 10.9. The molecule has 1 N–H and O–H groups in total. The quantitative estimate of drug-likeness (QED) is 0.714. The third-order valence-corrected chi connectivity index (χ3v) is 2.25. The lowest BCUT2D eigenvalue weighted by Gasteiger charge is -2.31. The molecule has 1 aliphatic carbocycles. The van der Waals surface area contributed by atoms with Crippen molar-refractivity contribution in [1.29, 1.82) is 0 Å². The molecule has 1 aliphatic rings. The Balaban J connectivity index is 3.30. The summed E-state index contributed by atoms with van der Waals surface area (Å²) < 4.78 is 62.9. The minimum absolute atomic E-state index is 0.236. The van der Waals surface area contributed by atoms with E-state index in [0.717, 1.165) is 0 Å². The smallest absolute Gasteiger partial charge is 0.375 e. The van der Waals surface area contributed by atoms with Crippen LogP contribution in [-0.2, 0) is 4.79 Å². The first-order valence-corrected chi connectivity index (χ1v) is 4.14. The molecule has 0 saturated carbocycles. The fraction of sp³-hybridized carbons (Fsp3) is 0.444. The fourth-order valence-electron chi connectivity index (χ4n) is 1.29. The van der Waals surface area contributed by atoms with E-state index in [0.29, 0.717) is 13.0 Å². The summed E-state index contributed by atoms with van der Waals surface area (Å²) in [6, 6.07) is 0. The molecule has 2 atom stereocenters. The summed E-state index contributed by atoms with van der Waals surface area (Å²) in [6.45, 7) is 0.716. The zero-order valence-corrected chi connectivity index (χ0v) is 7.98. The van der Waals surface area contributed by atoms with E-state index in [1.165, 1.54) is 0 Å². The highest BCUT2D eigenvalue weighted by molar-refractivity contribution is 5.89. The Kier molecular flexibility index (Phi) is 2.93. The second-order valence-electron chi connectivity index (χ2n) is 3.34. The van der Waals surface area contributed by atoms with Gasteiger partial charge in [-0.25, -0.2) is 8.78 Å².